The number of aromatic nitrogens is 1. The number of benzene rings is 1. The average molecular weight is 453 g/mol. The van der Waals surface area contributed by atoms with E-state index in [4.69, 9.17) is 9.72 Å². The summed E-state index contributed by atoms with van der Waals surface area (Å²) in [5, 5.41) is 0.964. The van der Waals surface area contributed by atoms with Crippen molar-refractivity contribution < 1.29 is 17.9 Å². The number of sulfonamides is 1. The van der Waals surface area contributed by atoms with Crippen molar-refractivity contribution >= 4 is 42.6 Å². The highest BCUT2D eigenvalue weighted by Crippen LogP contribution is 2.36. The maximum Gasteiger partial charge on any atom is 0.225 e. The predicted octanol–water partition coefficient (Wildman–Crippen LogP) is 1.93. The second-order valence-corrected chi connectivity index (χ2v) is 11.0. The summed E-state index contributed by atoms with van der Waals surface area (Å²) < 4.78 is 31.4. The Balaban J connectivity index is 1.38. The Morgan fingerprint density at radius 3 is 2.40 bits per heavy atom. The van der Waals surface area contributed by atoms with E-state index in [0.717, 1.165) is 34.2 Å². The van der Waals surface area contributed by atoms with Gasteiger partial charge in [0, 0.05) is 45.2 Å². The van der Waals surface area contributed by atoms with Crippen LogP contribution in [-0.4, -0.2) is 81.1 Å². The molecule has 10 heteroatoms. The van der Waals surface area contributed by atoms with E-state index < -0.39 is 10.0 Å². The van der Waals surface area contributed by atoms with E-state index in [-0.39, 0.29) is 11.8 Å². The Morgan fingerprint density at radius 1 is 1.13 bits per heavy atom. The fourth-order valence-electron chi connectivity index (χ4n) is 4.21. The lowest BCUT2D eigenvalue weighted by Gasteiger charge is -2.38. The van der Waals surface area contributed by atoms with E-state index in [2.05, 4.69) is 17.9 Å². The van der Waals surface area contributed by atoms with Crippen LogP contribution in [0.4, 0.5) is 5.13 Å². The van der Waals surface area contributed by atoms with Crippen molar-refractivity contribution in [3.63, 3.8) is 0 Å². The van der Waals surface area contributed by atoms with Crippen LogP contribution in [0.2, 0.25) is 0 Å². The number of thiazole rings is 1. The van der Waals surface area contributed by atoms with Crippen molar-refractivity contribution in [2.45, 2.75) is 19.8 Å². The van der Waals surface area contributed by atoms with Gasteiger partial charge in [-0.1, -0.05) is 17.4 Å². The number of hydrogen-bond donors (Lipinski definition) is 0. The van der Waals surface area contributed by atoms with Gasteiger partial charge in [0.05, 0.1) is 18.1 Å². The first-order chi connectivity index (χ1) is 14.3. The van der Waals surface area contributed by atoms with Crippen LogP contribution >= 0.6 is 11.3 Å². The number of amides is 1. The van der Waals surface area contributed by atoms with Crippen LogP contribution in [-0.2, 0) is 14.8 Å². The summed E-state index contributed by atoms with van der Waals surface area (Å²) in [6.45, 7) is 5.76. The Bertz CT molecular complexity index is 1040. The first-order valence-electron chi connectivity index (χ1n) is 10.2. The first-order valence-corrected chi connectivity index (χ1v) is 12.9. The Morgan fingerprint density at radius 2 is 1.80 bits per heavy atom. The third-order valence-electron chi connectivity index (χ3n) is 6.05. The lowest BCUT2D eigenvalue weighted by molar-refractivity contribution is -0.137. The van der Waals surface area contributed by atoms with Gasteiger partial charge in [-0.25, -0.2) is 17.7 Å². The molecular formula is C20H28N4O4S2. The van der Waals surface area contributed by atoms with E-state index in [1.165, 1.54) is 16.1 Å². The van der Waals surface area contributed by atoms with Crippen molar-refractivity contribution in [2.75, 3.05) is 57.5 Å². The molecule has 3 heterocycles. The molecule has 0 saturated carbocycles. The van der Waals surface area contributed by atoms with E-state index in [0.29, 0.717) is 39.0 Å². The molecule has 2 aliphatic heterocycles. The van der Waals surface area contributed by atoms with Gasteiger partial charge in [-0.15, -0.1) is 0 Å². The minimum atomic E-state index is -3.17. The van der Waals surface area contributed by atoms with Gasteiger partial charge in [-0.3, -0.25) is 4.79 Å². The highest BCUT2D eigenvalue weighted by Gasteiger charge is 2.33. The van der Waals surface area contributed by atoms with E-state index in [9.17, 15) is 13.2 Å². The molecule has 0 aliphatic carbocycles. The minimum absolute atomic E-state index is 0.0797. The lowest BCUT2D eigenvalue weighted by Crippen LogP contribution is -2.52. The zero-order valence-corrected chi connectivity index (χ0v) is 19.3. The molecule has 2 fully saturated rings. The van der Waals surface area contributed by atoms with Crippen molar-refractivity contribution in [1.82, 2.24) is 14.2 Å². The Hall–Kier alpha value is -1.91. The van der Waals surface area contributed by atoms with Crippen LogP contribution in [0.3, 0.4) is 0 Å². The molecule has 4 rings (SSSR count). The number of nitrogens with zero attached hydrogens (tertiary/aromatic N) is 4. The maximum absolute atomic E-state index is 12.9. The van der Waals surface area contributed by atoms with Gasteiger partial charge >= 0.3 is 0 Å². The van der Waals surface area contributed by atoms with Crippen LogP contribution in [0.5, 0.6) is 5.75 Å². The number of carbonyl (C=O) groups excluding carboxylic acids is 1. The minimum Gasteiger partial charge on any atom is -0.494 e. The predicted molar refractivity (Wildman–Crippen MR) is 119 cm³/mol. The van der Waals surface area contributed by atoms with Crippen LogP contribution in [0, 0.1) is 12.8 Å². The summed E-state index contributed by atoms with van der Waals surface area (Å²) in [5.74, 6) is 0.862. The van der Waals surface area contributed by atoms with Crippen LogP contribution in [0.1, 0.15) is 18.4 Å². The number of rotatable bonds is 4. The van der Waals surface area contributed by atoms with E-state index in [1.54, 1.807) is 18.4 Å². The summed E-state index contributed by atoms with van der Waals surface area (Å²) in [5.41, 5.74) is 2.08. The fourth-order valence-corrected chi connectivity index (χ4v) is 6.19. The molecular weight excluding hydrogens is 424 g/mol. The van der Waals surface area contributed by atoms with Crippen LogP contribution in [0.15, 0.2) is 12.1 Å². The molecule has 0 atom stereocenters. The zero-order valence-electron chi connectivity index (χ0n) is 17.6. The largest absolute Gasteiger partial charge is 0.494 e. The number of hydrogen-bond acceptors (Lipinski definition) is 7. The molecule has 164 valence electrons. The molecule has 8 nitrogen and oxygen atoms in total. The number of methoxy groups -OCH3 is 1. The number of piperazine rings is 1. The normalized spacial score (nSPS) is 19.4. The third-order valence-corrected chi connectivity index (χ3v) is 8.60. The lowest BCUT2D eigenvalue weighted by atomic mass is 9.96. The number of fused-ring (bicyclic) bond motifs is 1. The number of carbonyl (C=O) groups is 1. The quantitative estimate of drug-likeness (QED) is 0.705. The molecule has 2 saturated heterocycles. The molecule has 1 aromatic carbocycles. The second kappa shape index (κ2) is 8.32. The van der Waals surface area contributed by atoms with Gasteiger partial charge in [0.1, 0.15) is 11.3 Å². The highest BCUT2D eigenvalue weighted by molar-refractivity contribution is 7.88. The zero-order chi connectivity index (χ0) is 21.5. The first kappa shape index (κ1) is 21.3. The summed E-state index contributed by atoms with van der Waals surface area (Å²) in [7, 11) is -1.51. The molecule has 0 unspecified atom stereocenters. The molecule has 0 radical (unpaired) electrons. The molecule has 2 aliphatic rings. The smallest absolute Gasteiger partial charge is 0.225 e. The Labute approximate surface area is 181 Å². The molecule has 0 bridgehead atoms. The summed E-state index contributed by atoms with van der Waals surface area (Å²) in [4.78, 5) is 21.9. The summed E-state index contributed by atoms with van der Waals surface area (Å²) in [6, 6.07) is 4.00. The fraction of sp³-hybridized carbons (Fsp3) is 0.600. The average Bonchev–Trinajstić information content (AvgIpc) is 3.20. The number of piperidine rings is 1. The maximum atomic E-state index is 12.9. The number of anilines is 1. The van der Waals surface area contributed by atoms with Gasteiger partial charge in [-0.2, -0.15) is 0 Å². The summed E-state index contributed by atoms with van der Waals surface area (Å²) >= 11 is 1.67. The Kier molecular flexibility index (Phi) is 5.91. The van der Waals surface area contributed by atoms with Gasteiger partial charge in [0.15, 0.2) is 5.13 Å². The van der Waals surface area contributed by atoms with Crippen molar-refractivity contribution in [2.24, 2.45) is 5.92 Å². The standard InChI is InChI=1S/C20H28N4O4S2/c1-14-4-5-16(28-2)17-18(14)29-20(21-17)23-12-10-22(11-13-23)19(25)15-6-8-24(9-7-15)30(3,26)27/h4-5,15H,6-13H2,1-3H3. The van der Waals surface area contributed by atoms with Gasteiger partial charge in [0.2, 0.25) is 15.9 Å². The number of ether oxygens (including phenoxy) is 1. The third kappa shape index (κ3) is 4.13. The van der Waals surface area contributed by atoms with E-state index in [1.807, 2.05) is 11.0 Å². The van der Waals surface area contributed by atoms with Crippen molar-refractivity contribution in [3.05, 3.63) is 17.7 Å². The molecule has 1 amide bonds. The highest BCUT2D eigenvalue weighted by atomic mass is 32.2. The monoisotopic (exact) mass is 452 g/mol. The molecule has 2 aromatic rings. The van der Waals surface area contributed by atoms with Crippen molar-refractivity contribution in [3.8, 4) is 5.75 Å². The van der Waals surface area contributed by atoms with E-state index >= 15 is 0 Å². The van der Waals surface area contributed by atoms with Gasteiger partial charge in [-0.05, 0) is 31.4 Å². The topological polar surface area (TPSA) is 83.0 Å². The molecule has 0 N–H and O–H groups in total. The molecule has 30 heavy (non-hydrogen) atoms. The SMILES string of the molecule is COc1ccc(C)c2sc(N3CCN(C(=O)C4CCN(S(C)(=O)=O)CC4)CC3)nc12. The number of aryl methyl sites for hydroxylation is 1. The van der Waals surface area contributed by atoms with Gasteiger partial charge < -0.3 is 14.5 Å². The van der Waals surface area contributed by atoms with Crippen LogP contribution < -0.4 is 9.64 Å². The molecule has 0 spiro atoms. The van der Waals surface area contributed by atoms with Crippen molar-refractivity contribution in [1.29, 1.82) is 0 Å². The van der Waals surface area contributed by atoms with Gasteiger partial charge in [0.25, 0.3) is 0 Å². The van der Waals surface area contributed by atoms with Crippen LogP contribution in [0.25, 0.3) is 10.2 Å². The summed E-state index contributed by atoms with van der Waals surface area (Å²) in [6.07, 6.45) is 2.43. The molecule has 1 aromatic heterocycles. The second-order valence-electron chi connectivity index (χ2n) is 8.01.